The van der Waals surface area contributed by atoms with Gasteiger partial charge in [0, 0.05) is 11.1 Å². The molecule has 0 aliphatic carbocycles. The lowest BCUT2D eigenvalue weighted by molar-refractivity contribution is -0.123. The highest BCUT2D eigenvalue weighted by atomic mass is 79.9. The molecule has 0 aliphatic rings. The molecule has 23 heavy (non-hydrogen) atoms. The van der Waals surface area contributed by atoms with Crippen LogP contribution in [-0.4, -0.2) is 18.2 Å². The minimum atomic E-state index is -0.284. The summed E-state index contributed by atoms with van der Waals surface area (Å²) in [6, 6.07) is 11.8. The van der Waals surface area contributed by atoms with E-state index in [9.17, 15) is 4.79 Å². The molecule has 0 spiro atoms. The Balaban J connectivity index is 2.01. The van der Waals surface area contributed by atoms with Crippen LogP contribution in [0.25, 0.3) is 10.8 Å². The molecule has 4 nitrogen and oxygen atoms in total. The van der Waals surface area contributed by atoms with Crippen molar-refractivity contribution in [3.8, 4) is 5.75 Å². The number of fused-ring (bicyclic) bond motifs is 1. The van der Waals surface area contributed by atoms with Crippen molar-refractivity contribution in [1.82, 2.24) is 5.43 Å². The number of hydrogen-bond donors (Lipinski definition) is 1. The van der Waals surface area contributed by atoms with E-state index in [0.29, 0.717) is 5.75 Å². The summed E-state index contributed by atoms with van der Waals surface area (Å²) >= 11 is 3.54. The lowest BCUT2D eigenvalue weighted by Gasteiger charge is -2.17. The Kier molecular flexibility index (Phi) is 5.42. The molecule has 2 aromatic rings. The van der Waals surface area contributed by atoms with Crippen molar-refractivity contribution in [2.75, 3.05) is 6.61 Å². The third kappa shape index (κ3) is 4.55. The van der Waals surface area contributed by atoms with Crippen molar-refractivity contribution in [3.05, 3.63) is 40.9 Å². The van der Waals surface area contributed by atoms with E-state index >= 15 is 0 Å². The number of halogens is 1. The van der Waals surface area contributed by atoms with E-state index in [1.165, 1.54) is 0 Å². The van der Waals surface area contributed by atoms with Crippen LogP contribution in [0.1, 0.15) is 27.7 Å². The highest BCUT2D eigenvalue weighted by molar-refractivity contribution is 9.10. The van der Waals surface area contributed by atoms with Gasteiger partial charge < -0.3 is 4.74 Å². The van der Waals surface area contributed by atoms with Crippen molar-refractivity contribution < 1.29 is 9.53 Å². The molecular formula is C18H21BrN2O2. The average molecular weight is 377 g/mol. The lowest BCUT2D eigenvalue weighted by atomic mass is 9.91. The molecule has 122 valence electrons. The van der Waals surface area contributed by atoms with E-state index in [4.69, 9.17) is 4.74 Å². The molecule has 0 saturated carbocycles. The van der Waals surface area contributed by atoms with Crippen LogP contribution in [0, 0.1) is 5.41 Å². The van der Waals surface area contributed by atoms with Crippen molar-refractivity contribution in [2.45, 2.75) is 27.7 Å². The van der Waals surface area contributed by atoms with Gasteiger partial charge in [0.15, 0.2) is 6.61 Å². The largest absolute Gasteiger partial charge is 0.483 e. The Morgan fingerprint density at radius 1 is 1.22 bits per heavy atom. The number of carbonyl (C=O) groups is 1. The van der Waals surface area contributed by atoms with E-state index in [1.54, 1.807) is 0 Å². The fourth-order valence-electron chi connectivity index (χ4n) is 1.81. The monoisotopic (exact) mass is 376 g/mol. The van der Waals surface area contributed by atoms with E-state index in [1.807, 2.05) is 64.1 Å². The fraction of sp³-hybridized carbons (Fsp3) is 0.333. The SMILES string of the molecule is C/C(=N\NC(=O)COc1ccc2ccccc2c1Br)C(C)(C)C. The molecule has 1 N–H and O–H groups in total. The normalized spacial score (nSPS) is 12.3. The molecule has 0 heterocycles. The van der Waals surface area contributed by atoms with Gasteiger partial charge in [0.2, 0.25) is 0 Å². The quantitative estimate of drug-likeness (QED) is 0.629. The topological polar surface area (TPSA) is 50.7 Å². The lowest BCUT2D eigenvalue weighted by Crippen LogP contribution is -2.28. The van der Waals surface area contributed by atoms with Gasteiger partial charge in [-0.3, -0.25) is 4.79 Å². The summed E-state index contributed by atoms with van der Waals surface area (Å²) in [5, 5.41) is 6.27. The third-order valence-corrected chi connectivity index (χ3v) is 4.44. The Bertz CT molecular complexity index is 748. The highest BCUT2D eigenvalue weighted by Gasteiger charge is 2.15. The Morgan fingerprint density at radius 2 is 1.91 bits per heavy atom. The maximum atomic E-state index is 11.9. The second kappa shape index (κ2) is 7.13. The van der Waals surface area contributed by atoms with Crippen molar-refractivity contribution in [1.29, 1.82) is 0 Å². The maximum Gasteiger partial charge on any atom is 0.277 e. The average Bonchev–Trinajstić information content (AvgIpc) is 2.51. The third-order valence-electron chi connectivity index (χ3n) is 3.62. The molecule has 0 radical (unpaired) electrons. The number of benzene rings is 2. The first-order valence-corrected chi connectivity index (χ1v) is 8.22. The van der Waals surface area contributed by atoms with Gasteiger partial charge in [0.25, 0.3) is 5.91 Å². The van der Waals surface area contributed by atoms with E-state index in [0.717, 1.165) is 21.0 Å². The van der Waals surface area contributed by atoms with Crippen LogP contribution >= 0.6 is 15.9 Å². The first-order valence-electron chi connectivity index (χ1n) is 7.42. The zero-order valence-corrected chi connectivity index (χ0v) is 15.4. The van der Waals surface area contributed by atoms with Crippen LogP contribution in [0.3, 0.4) is 0 Å². The Labute approximate surface area is 145 Å². The minimum absolute atomic E-state index is 0.0739. The summed E-state index contributed by atoms with van der Waals surface area (Å²) in [4.78, 5) is 11.9. The zero-order chi connectivity index (χ0) is 17.0. The molecule has 0 atom stereocenters. The van der Waals surface area contributed by atoms with Gasteiger partial charge in [0.1, 0.15) is 5.75 Å². The first kappa shape index (κ1) is 17.5. The molecular weight excluding hydrogens is 356 g/mol. The highest BCUT2D eigenvalue weighted by Crippen LogP contribution is 2.32. The number of ether oxygens (including phenoxy) is 1. The predicted octanol–water partition coefficient (Wildman–Crippen LogP) is 4.52. The number of nitrogens with zero attached hydrogens (tertiary/aromatic N) is 1. The van der Waals surface area contributed by atoms with Gasteiger partial charge in [-0.15, -0.1) is 0 Å². The predicted molar refractivity (Wildman–Crippen MR) is 97.8 cm³/mol. The molecule has 0 aromatic heterocycles. The van der Waals surface area contributed by atoms with Crippen LogP contribution in [0.2, 0.25) is 0 Å². The standard InChI is InChI=1S/C18H21BrN2O2/c1-12(18(2,3)4)20-21-16(22)11-23-15-10-9-13-7-5-6-8-14(13)17(15)19/h5-10H,11H2,1-4H3,(H,21,22)/b20-12+. The van der Waals surface area contributed by atoms with Gasteiger partial charge in [0.05, 0.1) is 4.47 Å². The first-order chi connectivity index (χ1) is 10.8. The number of rotatable bonds is 4. The van der Waals surface area contributed by atoms with Crippen molar-refractivity contribution in [2.24, 2.45) is 10.5 Å². The zero-order valence-electron chi connectivity index (χ0n) is 13.8. The number of hydrazone groups is 1. The van der Waals surface area contributed by atoms with Gasteiger partial charge in [-0.1, -0.05) is 51.1 Å². The van der Waals surface area contributed by atoms with E-state index in [-0.39, 0.29) is 17.9 Å². The summed E-state index contributed by atoms with van der Waals surface area (Å²) < 4.78 is 6.44. The summed E-state index contributed by atoms with van der Waals surface area (Å²) in [7, 11) is 0. The second-order valence-electron chi connectivity index (χ2n) is 6.37. The summed E-state index contributed by atoms with van der Waals surface area (Å²) in [5.74, 6) is 0.351. The van der Waals surface area contributed by atoms with Crippen LogP contribution in [-0.2, 0) is 4.79 Å². The van der Waals surface area contributed by atoms with Gasteiger partial charge in [-0.25, -0.2) is 5.43 Å². The van der Waals surface area contributed by atoms with Gasteiger partial charge >= 0.3 is 0 Å². The van der Waals surface area contributed by atoms with E-state index in [2.05, 4.69) is 26.5 Å². The van der Waals surface area contributed by atoms with Gasteiger partial charge in [-0.2, -0.15) is 5.10 Å². The van der Waals surface area contributed by atoms with Crippen molar-refractivity contribution in [3.63, 3.8) is 0 Å². The molecule has 0 saturated heterocycles. The molecule has 2 rings (SSSR count). The molecule has 5 heteroatoms. The molecule has 0 aliphatic heterocycles. The number of amides is 1. The van der Waals surface area contributed by atoms with E-state index < -0.39 is 0 Å². The summed E-state index contributed by atoms with van der Waals surface area (Å²) in [5.41, 5.74) is 3.31. The number of nitrogens with one attached hydrogen (secondary N) is 1. The van der Waals surface area contributed by atoms with Crippen LogP contribution in [0.5, 0.6) is 5.75 Å². The molecule has 1 amide bonds. The fourth-order valence-corrected chi connectivity index (χ4v) is 2.42. The Morgan fingerprint density at radius 3 is 2.61 bits per heavy atom. The Hall–Kier alpha value is -1.88. The minimum Gasteiger partial charge on any atom is -0.483 e. The number of carbonyl (C=O) groups excluding carboxylic acids is 1. The second-order valence-corrected chi connectivity index (χ2v) is 7.16. The maximum absolute atomic E-state index is 11.9. The summed E-state index contributed by atoms with van der Waals surface area (Å²) in [6.07, 6.45) is 0. The molecule has 0 fully saturated rings. The van der Waals surface area contributed by atoms with Crippen molar-refractivity contribution >= 4 is 38.3 Å². The summed E-state index contributed by atoms with van der Waals surface area (Å²) in [6.45, 7) is 7.93. The molecule has 0 bridgehead atoms. The smallest absolute Gasteiger partial charge is 0.277 e. The van der Waals surface area contributed by atoms with Gasteiger partial charge in [-0.05, 0) is 39.7 Å². The number of hydrogen-bond acceptors (Lipinski definition) is 3. The molecule has 0 unspecified atom stereocenters. The van der Waals surface area contributed by atoms with Crippen LogP contribution in [0.4, 0.5) is 0 Å². The molecule has 2 aromatic carbocycles. The van der Waals surface area contributed by atoms with Crippen LogP contribution < -0.4 is 10.2 Å². The van der Waals surface area contributed by atoms with Crippen LogP contribution in [0.15, 0.2) is 46.0 Å².